The summed E-state index contributed by atoms with van der Waals surface area (Å²) in [6.07, 6.45) is 1.58. The fourth-order valence-corrected chi connectivity index (χ4v) is 2.97. The average Bonchev–Trinajstić information content (AvgIpc) is 3.03. The normalized spacial score (nSPS) is 11.9. The van der Waals surface area contributed by atoms with E-state index in [1.54, 1.807) is 36.4 Å². The van der Waals surface area contributed by atoms with E-state index < -0.39 is 0 Å². The van der Waals surface area contributed by atoms with Gasteiger partial charge in [-0.3, -0.25) is 0 Å². The zero-order chi connectivity index (χ0) is 17.0. The van der Waals surface area contributed by atoms with Crippen LogP contribution in [0.1, 0.15) is 25.6 Å². The molecule has 2 aromatic rings. The van der Waals surface area contributed by atoms with E-state index in [2.05, 4.69) is 21.2 Å². The van der Waals surface area contributed by atoms with Gasteiger partial charge in [-0.1, -0.05) is 11.6 Å². The maximum atomic E-state index is 12.5. The van der Waals surface area contributed by atoms with Crippen LogP contribution in [0.5, 0.6) is 5.75 Å². The van der Waals surface area contributed by atoms with E-state index in [1.807, 2.05) is 19.9 Å². The van der Waals surface area contributed by atoms with Crippen LogP contribution >= 0.6 is 27.5 Å². The maximum Gasteiger partial charge on any atom is 0.322 e. The minimum atomic E-state index is -0.288. The second kappa shape index (κ2) is 7.75. The van der Waals surface area contributed by atoms with Gasteiger partial charge in [0.05, 0.1) is 29.1 Å². The number of benzene rings is 1. The molecular formula is C16H18BrClN2O3. The molecule has 0 aliphatic rings. The molecule has 1 aromatic carbocycles. The molecule has 7 heteroatoms. The Kier molecular flexibility index (Phi) is 5.96. The minimum Gasteiger partial charge on any atom is -0.491 e. The third-order valence-corrected chi connectivity index (χ3v) is 4.20. The number of anilines is 1. The molecule has 0 bridgehead atoms. The van der Waals surface area contributed by atoms with E-state index in [9.17, 15) is 4.79 Å². The molecule has 1 aromatic heterocycles. The van der Waals surface area contributed by atoms with Gasteiger partial charge >= 0.3 is 6.03 Å². The first-order valence-electron chi connectivity index (χ1n) is 7.13. The SMILES string of the molecule is CCOc1c(Br)cc(Cl)cc1NC(=O)N(C)C(C)c1ccco1. The summed E-state index contributed by atoms with van der Waals surface area (Å²) in [6.45, 7) is 4.23. The smallest absolute Gasteiger partial charge is 0.322 e. The number of urea groups is 1. The van der Waals surface area contributed by atoms with E-state index in [-0.39, 0.29) is 12.1 Å². The van der Waals surface area contributed by atoms with Gasteiger partial charge < -0.3 is 19.4 Å². The lowest BCUT2D eigenvalue weighted by Crippen LogP contribution is -2.33. The van der Waals surface area contributed by atoms with Crippen LogP contribution < -0.4 is 10.1 Å². The number of hydrogen-bond acceptors (Lipinski definition) is 3. The lowest BCUT2D eigenvalue weighted by molar-refractivity contribution is 0.200. The maximum absolute atomic E-state index is 12.5. The summed E-state index contributed by atoms with van der Waals surface area (Å²) in [6, 6.07) is 6.50. The number of ether oxygens (including phenoxy) is 1. The molecule has 0 saturated heterocycles. The molecule has 5 nitrogen and oxygen atoms in total. The molecule has 0 saturated carbocycles. The molecule has 2 amide bonds. The summed E-state index contributed by atoms with van der Waals surface area (Å²) in [4.78, 5) is 14.0. The monoisotopic (exact) mass is 400 g/mol. The fourth-order valence-electron chi connectivity index (χ4n) is 2.04. The molecule has 0 fully saturated rings. The Labute approximate surface area is 148 Å². The number of halogens is 2. The van der Waals surface area contributed by atoms with Crippen molar-refractivity contribution in [1.82, 2.24) is 4.90 Å². The molecule has 0 spiro atoms. The highest BCUT2D eigenvalue weighted by molar-refractivity contribution is 9.10. The van der Waals surface area contributed by atoms with Crippen molar-refractivity contribution in [3.8, 4) is 5.75 Å². The minimum absolute atomic E-state index is 0.205. The molecular weight excluding hydrogens is 384 g/mol. The second-order valence-corrected chi connectivity index (χ2v) is 6.22. The van der Waals surface area contributed by atoms with Gasteiger partial charge in [-0.15, -0.1) is 0 Å². The molecule has 1 heterocycles. The van der Waals surface area contributed by atoms with Crippen LogP contribution in [0.4, 0.5) is 10.5 Å². The van der Waals surface area contributed by atoms with Crippen LogP contribution in [0, 0.1) is 0 Å². The summed E-state index contributed by atoms with van der Waals surface area (Å²) >= 11 is 9.46. The predicted octanol–water partition coefficient (Wildman–Crippen LogP) is 5.32. The molecule has 124 valence electrons. The second-order valence-electron chi connectivity index (χ2n) is 4.93. The van der Waals surface area contributed by atoms with Crippen molar-refractivity contribution >= 4 is 39.2 Å². The van der Waals surface area contributed by atoms with Gasteiger partial charge in [0.25, 0.3) is 0 Å². The van der Waals surface area contributed by atoms with Crippen LogP contribution in [0.3, 0.4) is 0 Å². The Morgan fingerprint density at radius 2 is 2.26 bits per heavy atom. The van der Waals surface area contributed by atoms with E-state index in [4.69, 9.17) is 20.8 Å². The van der Waals surface area contributed by atoms with Crippen molar-refractivity contribution in [2.75, 3.05) is 19.0 Å². The zero-order valence-corrected chi connectivity index (χ0v) is 15.4. The lowest BCUT2D eigenvalue weighted by atomic mass is 10.2. The summed E-state index contributed by atoms with van der Waals surface area (Å²) in [7, 11) is 1.70. The number of rotatable bonds is 5. The lowest BCUT2D eigenvalue weighted by Gasteiger charge is -2.24. The van der Waals surface area contributed by atoms with E-state index in [1.165, 1.54) is 0 Å². The fraction of sp³-hybridized carbons (Fsp3) is 0.312. The first-order valence-corrected chi connectivity index (χ1v) is 8.30. The number of hydrogen-bond donors (Lipinski definition) is 1. The Hall–Kier alpha value is -1.66. The average molecular weight is 402 g/mol. The van der Waals surface area contributed by atoms with E-state index in [0.717, 1.165) is 0 Å². The molecule has 23 heavy (non-hydrogen) atoms. The van der Waals surface area contributed by atoms with E-state index in [0.29, 0.717) is 33.3 Å². The van der Waals surface area contributed by atoms with Gasteiger partial charge in [0.15, 0.2) is 5.75 Å². The van der Waals surface area contributed by atoms with Crippen LogP contribution in [-0.4, -0.2) is 24.6 Å². The number of nitrogens with one attached hydrogen (secondary N) is 1. The summed E-state index contributed by atoms with van der Waals surface area (Å²) in [5.74, 6) is 1.25. The van der Waals surface area contributed by atoms with Gasteiger partial charge in [0, 0.05) is 12.1 Å². The summed E-state index contributed by atoms with van der Waals surface area (Å²) < 4.78 is 11.6. The molecule has 1 atom stereocenters. The number of furan rings is 1. The third-order valence-electron chi connectivity index (χ3n) is 3.39. The van der Waals surface area contributed by atoms with Crippen molar-refractivity contribution in [2.45, 2.75) is 19.9 Å². The molecule has 0 radical (unpaired) electrons. The van der Waals surface area contributed by atoms with Crippen LogP contribution in [0.25, 0.3) is 0 Å². The van der Waals surface area contributed by atoms with E-state index >= 15 is 0 Å². The molecule has 0 aliphatic heterocycles. The number of amides is 2. The number of carbonyl (C=O) groups excluding carboxylic acids is 1. The van der Waals surface area contributed by atoms with Gasteiger partial charge in [0.1, 0.15) is 5.76 Å². The van der Waals surface area contributed by atoms with Gasteiger partial charge in [0.2, 0.25) is 0 Å². The molecule has 1 N–H and O–H groups in total. The van der Waals surface area contributed by atoms with Gasteiger partial charge in [-0.25, -0.2) is 4.79 Å². The molecule has 0 aliphatic carbocycles. The third kappa shape index (κ3) is 4.20. The van der Waals surface area contributed by atoms with Gasteiger partial charge in [-0.2, -0.15) is 0 Å². The highest BCUT2D eigenvalue weighted by Gasteiger charge is 2.21. The van der Waals surface area contributed by atoms with Crippen LogP contribution in [-0.2, 0) is 0 Å². The quantitative estimate of drug-likeness (QED) is 0.738. The van der Waals surface area contributed by atoms with Crippen molar-refractivity contribution in [2.24, 2.45) is 0 Å². The highest BCUT2D eigenvalue weighted by Crippen LogP contribution is 2.37. The largest absolute Gasteiger partial charge is 0.491 e. The number of nitrogens with zero attached hydrogens (tertiary/aromatic N) is 1. The Morgan fingerprint density at radius 3 is 2.87 bits per heavy atom. The first-order chi connectivity index (χ1) is 10.9. The Balaban J connectivity index is 2.19. The zero-order valence-electron chi connectivity index (χ0n) is 13.1. The first kappa shape index (κ1) is 17.7. The molecule has 2 rings (SSSR count). The predicted molar refractivity (Wildman–Crippen MR) is 94.2 cm³/mol. The standard InChI is InChI=1S/C16H18BrClN2O3/c1-4-22-15-12(17)8-11(18)9-13(15)19-16(21)20(3)10(2)14-6-5-7-23-14/h5-10H,4H2,1-3H3,(H,19,21). The van der Waals surface area contributed by atoms with Crippen LogP contribution in [0.2, 0.25) is 5.02 Å². The van der Waals surface area contributed by atoms with Crippen molar-refractivity contribution < 1.29 is 13.9 Å². The Morgan fingerprint density at radius 1 is 1.52 bits per heavy atom. The van der Waals surface area contributed by atoms with Crippen molar-refractivity contribution in [1.29, 1.82) is 0 Å². The number of carbonyl (C=O) groups is 1. The van der Waals surface area contributed by atoms with Gasteiger partial charge in [-0.05, 0) is 54.0 Å². The Bertz CT molecular complexity index is 676. The summed E-state index contributed by atoms with van der Waals surface area (Å²) in [5, 5.41) is 3.32. The van der Waals surface area contributed by atoms with Crippen molar-refractivity contribution in [3.05, 3.63) is 45.8 Å². The highest BCUT2D eigenvalue weighted by atomic mass is 79.9. The topological polar surface area (TPSA) is 54.7 Å². The molecule has 1 unspecified atom stereocenters. The van der Waals surface area contributed by atoms with Crippen LogP contribution in [0.15, 0.2) is 39.4 Å². The summed E-state index contributed by atoms with van der Waals surface area (Å²) in [5.41, 5.74) is 0.509. The van der Waals surface area contributed by atoms with Crippen molar-refractivity contribution in [3.63, 3.8) is 0 Å².